The van der Waals surface area contributed by atoms with Crippen molar-refractivity contribution in [3.05, 3.63) is 42.1 Å². The summed E-state index contributed by atoms with van der Waals surface area (Å²) < 4.78 is 9.61. The van der Waals surface area contributed by atoms with Gasteiger partial charge in [-0.25, -0.2) is 4.79 Å². The zero-order valence-corrected chi connectivity index (χ0v) is 9.94. The minimum atomic E-state index is -0.617. The second-order valence-electron chi connectivity index (χ2n) is 3.09. The van der Waals surface area contributed by atoms with Gasteiger partial charge in [0.2, 0.25) is 5.89 Å². The summed E-state index contributed by atoms with van der Waals surface area (Å²) in [7, 11) is 1.27. The Morgan fingerprint density at radius 2 is 2.12 bits per heavy atom. The van der Waals surface area contributed by atoms with Gasteiger partial charge in [-0.3, -0.25) is 0 Å². The number of ether oxygens (including phenoxy) is 1. The van der Waals surface area contributed by atoms with E-state index in [9.17, 15) is 4.79 Å². The van der Waals surface area contributed by atoms with E-state index < -0.39 is 5.97 Å². The molecular weight excluding hydrogens is 240 g/mol. The normalized spacial score (nSPS) is 10.2. The molecular formula is C11H10N2O3S. The van der Waals surface area contributed by atoms with Crippen LogP contribution in [0.5, 0.6) is 0 Å². The fraction of sp³-hybridized carbons (Fsp3) is 0.182. The summed E-state index contributed by atoms with van der Waals surface area (Å²) in [6, 6.07) is 9.84. The molecule has 0 aliphatic heterocycles. The first-order valence-electron chi connectivity index (χ1n) is 4.88. The Morgan fingerprint density at radius 3 is 2.82 bits per heavy atom. The Morgan fingerprint density at radius 1 is 1.35 bits per heavy atom. The molecule has 0 bridgehead atoms. The third-order valence-corrected chi connectivity index (χ3v) is 2.93. The fourth-order valence-electron chi connectivity index (χ4n) is 1.14. The number of esters is 1. The van der Waals surface area contributed by atoms with E-state index in [-0.39, 0.29) is 5.89 Å². The molecule has 0 atom stereocenters. The van der Waals surface area contributed by atoms with E-state index >= 15 is 0 Å². The molecule has 0 radical (unpaired) electrons. The number of benzene rings is 1. The van der Waals surface area contributed by atoms with Crippen molar-refractivity contribution in [2.45, 2.75) is 10.6 Å². The van der Waals surface area contributed by atoms with Crippen LogP contribution in [-0.4, -0.2) is 23.3 Å². The minimum absolute atomic E-state index is 0.115. The molecule has 0 saturated carbocycles. The van der Waals surface area contributed by atoms with E-state index in [1.54, 1.807) is 11.8 Å². The summed E-state index contributed by atoms with van der Waals surface area (Å²) in [6.07, 6.45) is 0. The molecule has 2 aromatic rings. The lowest BCUT2D eigenvalue weighted by Gasteiger charge is -1.96. The van der Waals surface area contributed by atoms with E-state index in [1.807, 2.05) is 30.3 Å². The lowest BCUT2D eigenvalue weighted by molar-refractivity contribution is 0.0554. The number of aromatic nitrogens is 2. The van der Waals surface area contributed by atoms with Gasteiger partial charge in [0, 0.05) is 4.90 Å². The Balaban J connectivity index is 1.96. The zero-order chi connectivity index (χ0) is 12.1. The third kappa shape index (κ3) is 3.07. The van der Waals surface area contributed by atoms with Crippen LogP contribution in [0.3, 0.4) is 0 Å². The predicted molar refractivity (Wildman–Crippen MR) is 61.6 cm³/mol. The van der Waals surface area contributed by atoms with Crippen molar-refractivity contribution in [1.29, 1.82) is 0 Å². The van der Waals surface area contributed by atoms with Gasteiger partial charge in [0.15, 0.2) is 0 Å². The molecule has 5 nitrogen and oxygen atoms in total. The molecule has 1 aromatic carbocycles. The smallest absolute Gasteiger partial charge is 0.396 e. The van der Waals surface area contributed by atoms with Crippen LogP contribution in [0.25, 0.3) is 0 Å². The molecule has 1 aromatic heterocycles. The molecule has 0 amide bonds. The molecule has 0 spiro atoms. The Bertz CT molecular complexity index is 498. The van der Waals surface area contributed by atoms with Crippen LogP contribution in [0.1, 0.15) is 16.6 Å². The molecule has 0 fully saturated rings. The highest BCUT2D eigenvalue weighted by Crippen LogP contribution is 2.21. The fourth-order valence-corrected chi connectivity index (χ4v) is 1.90. The summed E-state index contributed by atoms with van der Waals surface area (Å²) in [4.78, 5) is 12.2. The van der Waals surface area contributed by atoms with Gasteiger partial charge < -0.3 is 9.15 Å². The summed E-state index contributed by atoms with van der Waals surface area (Å²) >= 11 is 1.56. The van der Waals surface area contributed by atoms with Crippen molar-refractivity contribution in [2.24, 2.45) is 0 Å². The molecule has 0 aliphatic carbocycles. The van der Waals surface area contributed by atoms with Crippen molar-refractivity contribution in [3.63, 3.8) is 0 Å². The average Bonchev–Trinajstić information content (AvgIpc) is 2.85. The molecule has 17 heavy (non-hydrogen) atoms. The van der Waals surface area contributed by atoms with E-state index in [0.717, 1.165) is 4.90 Å². The van der Waals surface area contributed by atoms with Crippen LogP contribution in [0.2, 0.25) is 0 Å². The molecule has 0 N–H and O–H groups in total. The Labute approximate surface area is 102 Å². The van der Waals surface area contributed by atoms with Gasteiger partial charge in [0.1, 0.15) is 0 Å². The van der Waals surface area contributed by atoms with Crippen molar-refractivity contribution in [2.75, 3.05) is 7.11 Å². The molecule has 6 heteroatoms. The lowest BCUT2D eigenvalue weighted by atomic mass is 10.4. The number of nitrogens with zero attached hydrogens (tertiary/aromatic N) is 2. The van der Waals surface area contributed by atoms with Crippen molar-refractivity contribution in [1.82, 2.24) is 10.2 Å². The SMILES string of the molecule is COC(=O)c1nnc(CSc2ccccc2)o1. The Hall–Kier alpha value is -1.82. The van der Waals surface area contributed by atoms with Gasteiger partial charge >= 0.3 is 11.9 Å². The first-order chi connectivity index (χ1) is 8.29. The van der Waals surface area contributed by atoms with Crippen molar-refractivity contribution < 1.29 is 13.9 Å². The maximum atomic E-state index is 11.1. The number of thioether (sulfide) groups is 1. The summed E-state index contributed by atoms with van der Waals surface area (Å²) in [5.74, 6) is 0.192. The first-order valence-corrected chi connectivity index (χ1v) is 5.86. The van der Waals surface area contributed by atoms with Crippen molar-refractivity contribution >= 4 is 17.7 Å². The van der Waals surface area contributed by atoms with Gasteiger partial charge in [-0.05, 0) is 12.1 Å². The van der Waals surface area contributed by atoms with Crippen LogP contribution >= 0.6 is 11.8 Å². The summed E-state index contributed by atoms with van der Waals surface area (Å²) in [5, 5.41) is 7.36. The average molecular weight is 250 g/mol. The number of carbonyl (C=O) groups excluding carboxylic acids is 1. The highest BCUT2D eigenvalue weighted by molar-refractivity contribution is 7.98. The maximum Gasteiger partial charge on any atom is 0.396 e. The molecule has 0 aliphatic rings. The van der Waals surface area contributed by atoms with Gasteiger partial charge in [-0.2, -0.15) is 0 Å². The largest absolute Gasteiger partial charge is 0.462 e. The molecule has 0 unspecified atom stereocenters. The highest BCUT2D eigenvalue weighted by atomic mass is 32.2. The van der Waals surface area contributed by atoms with E-state index in [1.165, 1.54) is 7.11 Å². The molecule has 88 valence electrons. The maximum absolute atomic E-state index is 11.1. The van der Waals surface area contributed by atoms with Crippen molar-refractivity contribution in [3.8, 4) is 0 Å². The van der Waals surface area contributed by atoms with Crippen LogP contribution in [0.15, 0.2) is 39.6 Å². The number of rotatable bonds is 4. The van der Waals surface area contributed by atoms with Crippen LogP contribution in [0, 0.1) is 0 Å². The topological polar surface area (TPSA) is 65.2 Å². The van der Waals surface area contributed by atoms with Gasteiger partial charge in [-0.1, -0.05) is 18.2 Å². The van der Waals surface area contributed by atoms with E-state index in [4.69, 9.17) is 4.42 Å². The van der Waals surface area contributed by atoms with Crippen LogP contribution in [0.4, 0.5) is 0 Å². The highest BCUT2D eigenvalue weighted by Gasteiger charge is 2.14. The third-order valence-electron chi connectivity index (χ3n) is 1.93. The first kappa shape index (κ1) is 11.7. The number of hydrogen-bond acceptors (Lipinski definition) is 6. The van der Waals surface area contributed by atoms with E-state index in [2.05, 4.69) is 14.9 Å². The van der Waals surface area contributed by atoms with Gasteiger partial charge in [0.05, 0.1) is 12.9 Å². The van der Waals surface area contributed by atoms with Crippen LogP contribution in [-0.2, 0) is 10.5 Å². The number of hydrogen-bond donors (Lipinski definition) is 0. The predicted octanol–water partition coefficient (Wildman–Crippen LogP) is 2.15. The standard InChI is InChI=1S/C11H10N2O3S/c1-15-11(14)10-13-12-9(16-10)7-17-8-5-3-2-4-6-8/h2-6H,7H2,1H3. The lowest BCUT2D eigenvalue weighted by Crippen LogP contribution is -2.00. The summed E-state index contributed by atoms with van der Waals surface area (Å²) in [5.41, 5.74) is 0. The van der Waals surface area contributed by atoms with Gasteiger partial charge in [-0.15, -0.1) is 22.0 Å². The zero-order valence-electron chi connectivity index (χ0n) is 9.12. The quantitative estimate of drug-likeness (QED) is 0.612. The molecule has 2 rings (SSSR count). The number of carbonyl (C=O) groups is 1. The second kappa shape index (κ2) is 5.49. The Kier molecular flexibility index (Phi) is 3.77. The summed E-state index contributed by atoms with van der Waals surface area (Å²) in [6.45, 7) is 0. The van der Waals surface area contributed by atoms with E-state index in [0.29, 0.717) is 11.6 Å². The van der Waals surface area contributed by atoms with Crippen LogP contribution < -0.4 is 0 Å². The molecule has 0 saturated heterocycles. The second-order valence-corrected chi connectivity index (χ2v) is 4.14. The number of methoxy groups -OCH3 is 1. The molecule has 1 heterocycles. The monoisotopic (exact) mass is 250 g/mol. The van der Waals surface area contributed by atoms with Gasteiger partial charge in [0.25, 0.3) is 0 Å². The minimum Gasteiger partial charge on any atom is -0.462 e.